The first-order valence-corrected chi connectivity index (χ1v) is 10.1. The molecule has 3 rings (SSSR count). The average molecular weight is 413 g/mol. The van der Waals surface area contributed by atoms with Gasteiger partial charge in [-0.05, 0) is 30.5 Å². The number of thioether (sulfide) groups is 1. The van der Waals surface area contributed by atoms with E-state index in [1.54, 1.807) is 18.2 Å². The average Bonchev–Trinajstić information content (AvgIpc) is 2.97. The van der Waals surface area contributed by atoms with Gasteiger partial charge in [0.2, 0.25) is 0 Å². The summed E-state index contributed by atoms with van der Waals surface area (Å²) in [5, 5.41) is 9.25. The topological polar surface area (TPSA) is 76.1 Å². The number of anilines is 1. The molecule has 2 amide bonds. The third kappa shape index (κ3) is 4.02. The summed E-state index contributed by atoms with van der Waals surface area (Å²) >= 11 is 1.18. The van der Waals surface area contributed by atoms with Crippen LogP contribution in [0, 0.1) is 13.8 Å². The number of aliphatic hydroxyl groups is 1. The number of imide groups is 1. The number of benzene rings is 2. The Kier molecular flexibility index (Phi) is 6.30. The van der Waals surface area contributed by atoms with Gasteiger partial charge in [0.1, 0.15) is 11.5 Å². The van der Waals surface area contributed by atoms with Crippen molar-refractivity contribution in [1.82, 2.24) is 0 Å². The molecule has 0 bridgehead atoms. The lowest BCUT2D eigenvalue weighted by Gasteiger charge is -2.17. The van der Waals surface area contributed by atoms with Crippen molar-refractivity contribution in [3.8, 4) is 11.5 Å². The molecule has 29 heavy (non-hydrogen) atoms. The molecule has 2 aromatic carbocycles. The van der Waals surface area contributed by atoms with Crippen LogP contribution in [0.25, 0.3) is 5.57 Å². The number of rotatable bonds is 7. The Bertz CT molecular complexity index is 976. The Hall–Kier alpha value is -2.77. The van der Waals surface area contributed by atoms with E-state index in [1.165, 1.54) is 26.0 Å². The molecule has 0 fully saturated rings. The van der Waals surface area contributed by atoms with Crippen molar-refractivity contribution in [1.29, 1.82) is 0 Å². The van der Waals surface area contributed by atoms with Gasteiger partial charge in [-0.2, -0.15) is 0 Å². The summed E-state index contributed by atoms with van der Waals surface area (Å²) in [6.45, 7) is 3.86. The number of hydrogen-bond donors (Lipinski definition) is 1. The summed E-state index contributed by atoms with van der Waals surface area (Å²) in [5.41, 5.74) is 3.54. The van der Waals surface area contributed by atoms with Crippen LogP contribution >= 0.6 is 11.8 Å². The lowest BCUT2D eigenvalue weighted by molar-refractivity contribution is -0.119. The number of aryl methyl sites for hydroxylation is 2. The summed E-state index contributed by atoms with van der Waals surface area (Å²) in [7, 11) is 3.01. The molecule has 0 saturated carbocycles. The maximum atomic E-state index is 13.4. The first-order valence-electron chi connectivity index (χ1n) is 9.08. The van der Waals surface area contributed by atoms with Crippen molar-refractivity contribution < 1.29 is 24.2 Å². The van der Waals surface area contributed by atoms with Crippen LogP contribution in [0.2, 0.25) is 0 Å². The van der Waals surface area contributed by atoms with E-state index in [9.17, 15) is 14.7 Å². The van der Waals surface area contributed by atoms with Gasteiger partial charge in [0.15, 0.2) is 0 Å². The fourth-order valence-corrected chi connectivity index (χ4v) is 3.96. The van der Waals surface area contributed by atoms with Crippen LogP contribution in [0.1, 0.15) is 16.7 Å². The molecule has 1 aliphatic heterocycles. The fourth-order valence-electron chi connectivity index (χ4n) is 3.10. The summed E-state index contributed by atoms with van der Waals surface area (Å²) in [6, 6.07) is 10.6. The molecule has 1 heterocycles. The molecule has 152 valence electrons. The van der Waals surface area contributed by atoms with Crippen molar-refractivity contribution in [2.75, 3.05) is 31.5 Å². The monoisotopic (exact) mass is 413 g/mol. The number of ether oxygens (including phenoxy) is 2. The maximum absolute atomic E-state index is 13.4. The Balaban J connectivity index is 2.12. The first kappa shape index (κ1) is 21.0. The van der Waals surface area contributed by atoms with E-state index < -0.39 is 11.8 Å². The van der Waals surface area contributed by atoms with Gasteiger partial charge in [0, 0.05) is 24.0 Å². The van der Waals surface area contributed by atoms with E-state index in [4.69, 9.17) is 9.47 Å². The minimum absolute atomic E-state index is 0.0944. The van der Waals surface area contributed by atoms with E-state index >= 15 is 0 Å². The van der Waals surface area contributed by atoms with E-state index in [2.05, 4.69) is 0 Å². The predicted molar refractivity (Wildman–Crippen MR) is 114 cm³/mol. The zero-order chi connectivity index (χ0) is 21.1. The van der Waals surface area contributed by atoms with Gasteiger partial charge in [-0.25, -0.2) is 4.90 Å². The molecule has 0 radical (unpaired) electrons. The van der Waals surface area contributed by atoms with E-state index in [0.29, 0.717) is 39.0 Å². The van der Waals surface area contributed by atoms with Crippen LogP contribution < -0.4 is 14.4 Å². The van der Waals surface area contributed by atoms with Crippen LogP contribution in [0.15, 0.2) is 41.3 Å². The van der Waals surface area contributed by atoms with Gasteiger partial charge in [-0.1, -0.05) is 18.2 Å². The Morgan fingerprint density at radius 3 is 2.14 bits per heavy atom. The van der Waals surface area contributed by atoms with Gasteiger partial charge < -0.3 is 14.6 Å². The molecular weight excluding hydrogens is 390 g/mol. The second-order valence-electron chi connectivity index (χ2n) is 6.59. The summed E-state index contributed by atoms with van der Waals surface area (Å²) in [4.78, 5) is 28.1. The molecule has 0 spiro atoms. The molecule has 0 aliphatic carbocycles. The molecule has 7 heteroatoms. The van der Waals surface area contributed by atoms with Crippen molar-refractivity contribution in [2.24, 2.45) is 0 Å². The van der Waals surface area contributed by atoms with Crippen LogP contribution in [0.5, 0.6) is 11.5 Å². The molecule has 0 saturated heterocycles. The number of carbonyl (C=O) groups excluding carboxylic acids is 2. The highest BCUT2D eigenvalue weighted by atomic mass is 32.2. The molecule has 6 nitrogen and oxygen atoms in total. The highest BCUT2D eigenvalue weighted by molar-refractivity contribution is 8.04. The highest BCUT2D eigenvalue weighted by Gasteiger charge is 2.40. The minimum Gasteiger partial charge on any atom is -0.497 e. The Labute approximate surface area is 174 Å². The summed E-state index contributed by atoms with van der Waals surface area (Å²) < 4.78 is 10.6. The standard InChI is InChI=1S/C22H23NO5S/c1-13-5-6-15(9-14(13)2)19-20(29-8-7-24)22(26)23(21(19)25)16-10-17(27-3)12-18(11-16)28-4/h5-6,9-12,24H,7-8H2,1-4H3. The lowest BCUT2D eigenvalue weighted by atomic mass is 10.0. The van der Waals surface area contributed by atoms with Crippen LogP contribution in [0.4, 0.5) is 5.69 Å². The molecule has 1 aliphatic rings. The lowest BCUT2D eigenvalue weighted by Crippen LogP contribution is -2.31. The molecule has 0 aromatic heterocycles. The van der Waals surface area contributed by atoms with Crippen LogP contribution in [0.3, 0.4) is 0 Å². The number of hydrogen-bond acceptors (Lipinski definition) is 6. The van der Waals surface area contributed by atoms with E-state index in [-0.39, 0.29) is 6.61 Å². The summed E-state index contributed by atoms with van der Waals surface area (Å²) in [6.07, 6.45) is 0. The number of carbonyl (C=O) groups is 2. The Morgan fingerprint density at radius 1 is 0.931 bits per heavy atom. The Morgan fingerprint density at radius 2 is 1.59 bits per heavy atom. The largest absolute Gasteiger partial charge is 0.497 e. The van der Waals surface area contributed by atoms with Gasteiger partial charge in [0.05, 0.1) is 37.0 Å². The fraction of sp³-hybridized carbons (Fsp3) is 0.273. The predicted octanol–water partition coefficient (Wildman–Crippen LogP) is 3.33. The van der Waals surface area contributed by atoms with E-state index in [0.717, 1.165) is 16.0 Å². The SMILES string of the molecule is COc1cc(OC)cc(N2C(=O)C(SCCO)=C(c3ccc(C)c(C)c3)C2=O)c1. The summed E-state index contributed by atoms with van der Waals surface area (Å²) in [5.74, 6) is 0.442. The van der Waals surface area contributed by atoms with Crippen LogP contribution in [-0.2, 0) is 9.59 Å². The number of methoxy groups -OCH3 is 2. The molecular formula is C22H23NO5S. The zero-order valence-corrected chi connectivity index (χ0v) is 17.6. The quantitative estimate of drug-likeness (QED) is 0.702. The number of nitrogens with zero attached hydrogens (tertiary/aromatic N) is 1. The van der Waals surface area contributed by atoms with Crippen molar-refractivity contribution >= 4 is 34.8 Å². The van der Waals surface area contributed by atoms with Gasteiger partial charge in [0.25, 0.3) is 11.8 Å². The van der Waals surface area contributed by atoms with Crippen molar-refractivity contribution in [3.63, 3.8) is 0 Å². The molecule has 0 unspecified atom stereocenters. The molecule has 2 aromatic rings. The van der Waals surface area contributed by atoms with E-state index in [1.807, 2.05) is 32.0 Å². The second-order valence-corrected chi connectivity index (χ2v) is 7.70. The second kappa shape index (κ2) is 8.71. The number of aliphatic hydroxyl groups excluding tert-OH is 1. The smallest absolute Gasteiger partial charge is 0.272 e. The first-order chi connectivity index (χ1) is 13.9. The van der Waals surface area contributed by atoms with Gasteiger partial charge in [-0.15, -0.1) is 11.8 Å². The minimum atomic E-state index is -0.419. The normalized spacial score (nSPS) is 14.0. The highest BCUT2D eigenvalue weighted by Crippen LogP contribution is 2.40. The number of amides is 2. The zero-order valence-electron chi connectivity index (χ0n) is 16.8. The molecule has 1 N–H and O–H groups in total. The van der Waals surface area contributed by atoms with Crippen molar-refractivity contribution in [2.45, 2.75) is 13.8 Å². The third-order valence-electron chi connectivity index (χ3n) is 4.77. The third-order valence-corrected chi connectivity index (χ3v) is 5.82. The van der Waals surface area contributed by atoms with Crippen LogP contribution in [-0.4, -0.2) is 43.5 Å². The van der Waals surface area contributed by atoms with Gasteiger partial charge >= 0.3 is 0 Å². The van der Waals surface area contributed by atoms with Crippen molar-refractivity contribution in [3.05, 3.63) is 58.0 Å². The van der Waals surface area contributed by atoms with Gasteiger partial charge in [-0.3, -0.25) is 9.59 Å². The molecule has 0 atom stereocenters. The maximum Gasteiger partial charge on any atom is 0.272 e.